The number of ether oxygens (including phenoxy) is 2. The third-order valence-corrected chi connectivity index (χ3v) is 4.95. The maximum absolute atomic E-state index is 10.7. The Bertz CT molecular complexity index is 1120. The van der Waals surface area contributed by atoms with Crippen LogP contribution in [-0.2, 0) is 7.05 Å². The number of hydrogen-bond donors (Lipinski definition) is 2. The van der Waals surface area contributed by atoms with Gasteiger partial charge in [-0.2, -0.15) is 0 Å². The first-order valence-corrected chi connectivity index (χ1v) is 9.65. The van der Waals surface area contributed by atoms with Crippen LogP contribution in [0.5, 0.6) is 11.5 Å². The molecular weight excluding hydrogens is 368 g/mol. The van der Waals surface area contributed by atoms with Gasteiger partial charge in [-0.05, 0) is 38.1 Å². The van der Waals surface area contributed by atoms with E-state index in [1.165, 1.54) is 0 Å². The second kappa shape index (κ2) is 7.50. The molecule has 0 unspecified atom stereocenters. The number of rotatable bonds is 6. The molecule has 150 valence electrons. The first-order valence-electron chi connectivity index (χ1n) is 9.65. The van der Waals surface area contributed by atoms with Gasteiger partial charge in [0.2, 0.25) is 0 Å². The lowest BCUT2D eigenvalue weighted by atomic mass is 10.2. The van der Waals surface area contributed by atoms with Gasteiger partial charge in [0.25, 0.3) is 0 Å². The molecule has 1 aliphatic heterocycles. The Hall–Kier alpha value is -3.48. The van der Waals surface area contributed by atoms with E-state index >= 15 is 0 Å². The molecule has 0 amide bonds. The molecule has 7 heteroatoms. The third kappa shape index (κ3) is 3.18. The molecule has 7 nitrogen and oxygen atoms in total. The Morgan fingerprint density at radius 3 is 2.52 bits per heavy atom. The molecule has 0 saturated heterocycles. The maximum Gasteiger partial charge on any atom is 0.163 e. The second-order valence-electron chi connectivity index (χ2n) is 6.74. The molecule has 2 aromatic carbocycles. The van der Waals surface area contributed by atoms with Gasteiger partial charge in [0.05, 0.1) is 36.4 Å². The van der Waals surface area contributed by atoms with Crippen LogP contribution in [0, 0.1) is 5.41 Å². The predicted molar refractivity (Wildman–Crippen MR) is 114 cm³/mol. The van der Waals surface area contributed by atoms with Crippen molar-refractivity contribution < 1.29 is 14.6 Å². The highest BCUT2D eigenvalue weighted by Gasteiger charge is 2.32. The highest BCUT2D eigenvalue weighted by Crippen LogP contribution is 2.36. The van der Waals surface area contributed by atoms with E-state index in [9.17, 15) is 5.11 Å². The monoisotopic (exact) mass is 392 g/mol. The van der Waals surface area contributed by atoms with Crippen LogP contribution in [0.3, 0.4) is 0 Å². The lowest BCUT2D eigenvalue weighted by Crippen LogP contribution is -2.26. The summed E-state index contributed by atoms with van der Waals surface area (Å²) in [6, 6.07) is 13.3. The molecule has 0 atom stereocenters. The Morgan fingerprint density at radius 1 is 1.07 bits per heavy atom. The van der Waals surface area contributed by atoms with Crippen molar-refractivity contribution in [2.45, 2.75) is 13.8 Å². The number of amidine groups is 1. The van der Waals surface area contributed by atoms with Gasteiger partial charge >= 0.3 is 0 Å². The van der Waals surface area contributed by atoms with Crippen LogP contribution < -0.4 is 14.4 Å². The highest BCUT2D eigenvalue weighted by molar-refractivity contribution is 6.30. The van der Waals surface area contributed by atoms with Crippen LogP contribution in [0.2, 0.25) is 0 Å². The molecule has 3 aromatic rings. The number of para-hydroxylation sites is 2. The molecule has 1 aromatic heterocycles. The average molecular weight is 392 g/mol. The van der Waals surface area contributed by atoms with Crippen molar-refractivity contribution in [3.05, 3.63) is 54.0 Å². The largest absolute Gasteiger partial charge is 0.509 e. The minimum Gasteiger partial charge on any atom is -0.509 e. The molecule has 2 heterocycles. The molecule has 1 aliphatic rings. The van der Waals surface area contributed by atoms with Crippen LogP contribution in [0.1, 0.15) is 19.7 Å². The van der Waals surface area contributed by atoms with Crippen molar-refractivity contribution in [2.24, 2.45) is 7.05 Å². The lowest BCUT2D eigenvalue weighted by Gasteiger charge is -2.21. The predicted octanol–water partition coefficient (Wildman–Crippen LogP) is 4.14. The quantitative estimate of drug-likeness (QED) is 0.659. The fourth-order valence-electron chi connectivity index (χ4n) is 3.61. The van der Waals surface area contributed by atoms with E-state index in [2.05, 4.69) is 4.98 Å². The van der Waals surface area contributed by atoms with Gasteiger partial charge in [-0.3, -0.25) is 5.41 Å². The number of imidazole rings is 1. The first-order chi connectivity index (χ1) is 14.0. The van der Waals surface area contributed by atoms with Crippen molar-refractivity contribution in [3.63, 3.8) is 0 Å². The number of aliphatic hydroxyl groups is 1. The van der Waals surface area contributed by atoms with Gasteiger partial charge < -0.3 is 24.0 Å². The summed E-state index contributed by atoms with van der Waals surface area (Å²) in [7, 11) is 1.89. The molecule has 0 spiro atoms. The van der Waals surface area contributed by atoms with Gasteiger partial charge in [-0.15, -0.1) is 0 Å². The molecule has 0 aliphatic carbocycles. The summed E-state index contributed by atoms with van der Waals surface area (Å²) >= 11 is 0. The van der Waals surface area contributed by atoms with Crippen LogP contribution in [-0.4, -0.2) is 40.3 Å². The van der Waals surface area contributed by atoms with E-state index in [0.29, 0.717) is 36.1 Å². The van der Waals surface area contributed by atoms with E-state index in [-0.39, 0.29) is 18.1 Å². The zero-order valence-corrected chi connectivity index (χ0v) is 16.8. The zero-order valence-electron chi connectivity index (χ0n) is 16.8. The molecule has 4 rings (SSSR count). The van der Waals surface area contributed by atoms with Crippen molar-refractivity contribution >= 4 is 28.1 Å². The third-order valence-electron chi connectivity index (χ3n) is 4.95. The summed E-state index contributed by atoms with van der Waals surface area (Å²) in [5.41, 5.74) is 2.97. The van der Waals surface area contributed by atoms with Gasteiger partial charge in [0, 0.05) is 18.8 Å². The topological polar surface area (TPSA) is 83.6 Å². The van der Waals surface area contributed by atoms with Gasteiger partial charge in [-0.1, -0.05) is 12.1 Å². The zero-order chi connectivity index (χ0) is 20.5. The van der Waals surface area contributed by atoms with Crippen molar-refractivity contribution in [1.29, 1.82) is 5.41 Å². The van der Waals surface area contributed by atoms with Gasteiger partial charge in [0.15, 0.2) is 11.5 Å². The molecule has 0 bridgehead atoms. The number of aromatic nitrogens is 2. The number of aliphatic hydroxyl groups excluding tert-OH is 1. The van der Waals surface area contributed by atoms with Crippen LogP contribution in [0.25, 0.3) is 16.6 Å². The van der Waals surface area contributed by atoms with E-state index in [0.717, 1.165) is 16.7 Å². The normalized spacial score (nSPS) is 14.2. The van der Waals surface area contributed by atoms with E-state index in [1.54, 1.807) is 4.90 Å². The number of nitrogens with zero attached hydrogens (tertiary/aromatic N) is 3. The Balaban J connectivity index is 1.70. The number of aryl methyl sites for hydroxylation is 1. The molecule has 0 fully saturated rings. The van der Waals surface area contributed by atoms with E-state index < -0.39 is 0 Å². The van der Waals surface area contributed by atoms with E-state index in [1.807, 2.05) is 67.9 Å². The SMILES string of the molecule is CCOc1ccc(N2CC(O)=C(c3nc4ccccc4n3C)C2=N)cc1OCC. The Labute approximate surface area is 169 Å². The summed E-state index contributed by atoms with van der Waals surface area (Å²) in [6.07, 6.45) is 0. The van der Waals surface area contributed by atoms with Crippen LogP contribution >= 0.6 is 0 Å². The summed E-state index contributed by atoms with van der Waals surface area (Å²) in [5.74, 6) is 2.19. The standard InChI is InChI=1S/C22H24N4O3/c1-4-28-18-11-10-14(12-19(18)29-5-2)26-13-17(27)20(21(26)23)22-24-15-8-6-7-9-16(15)25(22)3/h6-12,23,27H,4-5,13H2,1-3H3. The number of nitrogens with one attached hydrogen (secondary N) is 1. The number of anilines is 1. The number of fused-ring (bicyclic) bond motifs is 1. The molecule has 2 N–H and O–H groups in total. The van der Waals surface area contributed by atoms with Crippen molar-refractivity contribution in [3.8, 4) is 11.5 Å². The molecule has 29 heavy (non-hydrogen) atoms. The summed E-state index contributed by atoms with van der Waals surface area (Å²) in [5, 5.41) is 19.4. The summed E-state index contributed by atoms with van der Waals surface area (Å²) in [6.45, 7) is 5.09. The van der Waals surface area contributed by atoms with Crippen molar-refractivity contribution in [1.82, 2.24) is 9.55 Å². The summed E-state index contributed by atoms with van der Waals surface area (Å²) in [4.78, 5) is 6.38. The van der Waals surface area contributed by atoms with Gasteiger partial charge in [0.1, 0.15) is 17.4 Å². The number of benzene rings is 2. The average Bonchev–Trinajstić information content (AvgIpc) is 3.19. The smallest absolute Gasteiger partial charge is 0.163 e. The highest BCUT2D eigenvalue weighted by atomic mass is 16.5. The minimum atomic E-state index is 0.125. The lowest BCUT2D eigenvalue weighted by molar-refractivity contribution is 0.288. The van der Waals surface area contributed by atoms with Crippen LogP contribution in [0.4, 0.5) is 5.69 Å². The fraction of sp³-hybridized carbons (Fsp3) is 0.273. The van der Waals surface area contributed by atoms with Crippen molar-refractivity contribution in [2.75, 3.05) is 24.7 Å². The first kappa shape index (κ1) is 18.9. The Kier molecular flexibility index (Phi) is 4.88. The molecule has 0 saturated carbocycles. The maximum atomic E-state index is 10.7. The molecule has 0 radical (unpaired) electrons. The summed E-state index contributed by atoms with van der Waals surface area (Å²) < 4.78 is 13.2. The molecular formula is C22H24N4O3. The Morgan fingerprint density at radius 2 is 1.79 bits per heavy atom. The fourth-order valence-corrected chi connectivity index (χ4v) is 3.61. The minimum absolute atomic E-state index is 0.125. The van der Waals surface area contributed by atoms with E-state index in [4.69, 9.17) is 14.9 Å². The second-order valence-corrected chi connectivity index (χ2v) is 6.74. The van der Waals surface area contributed by atoms with Gasteiger partial charge in [-0.25, -0.2) is 4.98 Å². The number of hydrogen-bond acceptors (Lipinski definition) is 5. The van der Waals surface area contributed by atoms with Crippen LogP contribution in [0.15, 0.2) is 48.2 Å².